The number of ketones is 2. The van der Waals surface area contributed by atoms with Gasteiger partial charge in [0, 0.05) is 16.5 Å². The molecule has 0 aromatic heterocycles. The molecule has 68 heavy (non-hydrogen) atoms. The number of esters is 2. The first-order valence-electron chi connectivity index (χ1n) is 23.4. The van der Waals surface area contributed by atoms with Crippen molar-refractivity contribution in [3.63, 3.8) is 0 Å². The van der Waals surface area contributed by atoms with Gasteiger partial charge in [-0.3, -0.25) is 9.59 Å². The fourth-order valence-electron chi connectivity index (χ4n) is 7.48. The van der Waals surface area contributed by atoms with Gasteiger partial charge in [-0.1, -0.05) is 83.1 Å². The Kier molecular flexibility index (Phi) is 15.8. The van der Waals surface area contributed by atoms with Crippen LogP contribution in [0.5, 0.6) is 34.5 Å². The third-order valence-corrected chi connectivity index (χ3v) is 13.1. The van der Waals surface area contributed by atoms with Crippen LogP contribution in [-0.2, 0) is 6.42 Å². The fraction of sp³-hybridized carbons (Fsp3) is 0.322. The lowest BCUT2D eigenvalue weighted by molar-refractivity contribution is 0.0477. The SMILES string of the molecule is CCC(C)(C)Oc1ccc(Oc2ccc(OC(=O)c3ccc(C(=O)C(C)(CC)C(C)Oc4ccc(Cc5ccc(OC(=O)c6ccc(C(=O)C(C)(C)CC)cc6)c(C)c5)cc4C)cc3)cc2)cc1. The number of benzene rings is 6. The molecule has 2 atom stereocenters. The molecule has 9 nitrogen and oxygen atoms in total. The monoisotopic (exact) mass is 916 g/mol. The lowest BCUT2D eigenvalue weighted by atomic mass is 9.75. The van der Waals surface area contributed by atoms with E-state index in [2.05, 4.69) is 13.0 Å². The van der Waals surface area contributed by atoms with Gasteiger partial charge in [-0.2, -0.15) is 0 Å². The van der Waals surface area contributed by atoms with Crippen LogP contribution >= 0.6 is 0 Å². The van der Waals surface area contributed by atoms with Crippen LogP contribution in [0, 0.1) is 24.7 Å². The summed E-state index contributed by atoms with van der Waals surface area (Å²) in [5, 5.41) is 0. The number of ether oxygens (including phenoxy) is 5. The summed E-state index contributed by atoms with van der Waals surface area (Å²) >= 11 is 0. The molecule has 0 heterocycles. The highest BCUT2D eigenvalue weighted by atomic mass is 16.5. The third-order valence-electron chi connectivity index (χ3n) is 13.1. The van der Waals surface area contributed by atoms with E-state index in [0.29, 0.717) is 63.8 Å². The number of carbonyl (C=O) groups excluding carboxylic acids is 4. The van der Waals surface area contributed by atoms with Gasteiger partial charge in [-0.05, 0) is 174 Å². The Morgan fingerprint density at radius 2 is 0.926 bits per heavy atom. The maximum atomic E-state index is 14.1. The zero-order chi connectivity index (χ0) is 49.4. The molecule has 0 aliphatic rings. The van der Waals surface area contributed by atoms with Gasteiger partial charge in [0.05, 0.1) is 16.5 Å². The highest BCUT2D eigenvalue weighted by Gasteiger charge is 2.39. The molecule has 354 valence electrons. The number of hydrogen-bond acceptors (Lipinski definition) is 9. The first kappa shape index (κ1) is 50.4. The van der Waals surface area contributed by atoms with Gasteiger partial charge in [0.25, 0.3) is 0 Å². The van der Waals surface area contributed by atoms with Crippen molar-refractivity contribution < 1.29 is 42.9 Å². The average molecular weight is 917 g/mol. The van der Waals surface area contributed by atoms with E-state index < -0.39 is 28.9 Å². The molecule has 2 unspecified atom stereocenters. The minimum absolute atomic E-state index is 0.0420. The van der Waals surface area contributed by atoms with Crippen molar-refractivity contribution in [1.29, 1.82) is 0 Å². The van der Waals surface area contributed by atoms with E-state index in [9.17, 15) is 19.2 Å². The van der Waals surface area contributed by atoms with Gasteiger partial charge in [-0.25, -0.2) is 9.59 Å². The molecular weight excluding hydrogens is 853 g/mol. The van der Waals surface area contributed by atoms with Gasteiger partial charge in [0.1, 0.15) is 46.2 Å². The van der Waals surface area contributed by atoms with E-state index in [1.807, 2.05) is 118 Å². The number of rotatable bonds is 20. The normalized spacial score (nSPS) is 12.9. The molecule has 0 saturated heterocycles. The summed E-state index contributed by atoms with van der Waals surface area (Å²) in [4.78, 5) is 53.1. The maximum Gasteiger partial charge on any atom is 0.343 e. The van der Waals surface area contributed by atoms with Crippen molar-refractivity contribution in [3.8, 4) is 34.5 Å². The molecule has 0 saturated carbocycles. The smallest absolute Gasteiger partial charge is 0.343 e. The lowest BCUT2D eigenvalue weighted by Gasteiger charge is -2.34. The van der Waals surface area contributed by atoms with Crippen molar-refractivity contribution >= 4 is 23.5 Å². The fourth-order valence-corrected chi connectivity index (χ4v) is 7.48. The molecular formula is C59H64O9. The van der Waals surface area contributed by atoms with Crippen molar-refractivity contribution in [2.24, 2.45) is 10.8 Å². The zero-order valence-corrected chi connectivity index (χ0v) is 41.3. The summed E-state index contributed by atoms with van der Waals surface area (Å²) in [7, 11) is 0. The summed E-state index contributed by atoms with van der Waals surface area (Å²) < 4.78 is 29.9. The molecule has 6 aromatic carbocycles. The van der Waals surface area contributed by atoms with Gasteiger partial charge >= 0.3 is 11.9 Å². The molecule has 0 radical (unpaired) electrons. The summed E-state index contributed by atoms with van der Waals surface area (Å²) in [6, 6.07) is 39.2. The zero-order valence-electron chi connectivity index (χ0n) is 41.3. The molecule has 0 fully saturated rings. The molecule has 0 amide bonds. The van der Waals surface area contributed by atoms with E-state index >= 15 is 0 Å². The van der Waals surface area contributed by atoms with E-state index in [-0.39, 0.29) is 17.2 Å². The van der Waals surface area contributed by atoms with E-state index in [0.717, 1.165) is 40.8 Å². The highest BCUT2D eigenvalue weighted by Crippen LogP contribution is 2.36. The predicted octanol–water partition coefficient (Wildman–Crippen LogP) is 14.4. The second kappa shape index (κ2) is 21.3. The van der Waals surface area contributed by atoms with Crippen LogP contribution in [0.1, 0.15) is 145 Å². The Balaban J connectivity index is 1.01. The van der Waals surface area contributed by atoms with Crippen molar-refractivity contribution in [3.05, 3.63) is 178 Å². The highest BCUT2D eigenvalue weighted by molar-refractivity contribution is 6.02. The minimum atomic E-state index is -0.865. The van der Waals surface area contributed by atoms with Crippen molar-refractivity contribution in [2.75, 3.05) is 0 Å². The first-order valence-corrected chi connectivity index (χ1v) is 23.4. The Morgan fingerprint density at radius 1 is 0.485 bits per heavy atom. The Hall–Kier alpha value is -7.00. The van der Waals surface area contributed by atoms with E-state index in [1.54, 1.807) is 78.9 Å². The minimum Gasteiger partial charge on any atom is -0.489 e. The van der Waals surface area contributed by atoms with Crippen LogP contribution in [0.2, 0.25) is 0 Å². The van der Waals surface area contributed by atoms with Gasteiger partial charge in [0.15, 0.2) is 11.6 Å². The lowest BCUT2D eigenvalue weighted by Crippen LogP contribution is -2.41. The van der Waals surface area contributed by atoms with Crippen LogP contribution in [-0.4, -0.2) is 35.2 Å². The summed E-state index contributed by atoms with van der Waals surface area (Å²) in [5.74, 6) is 2.44. The molecule has 0 bridgehead atoms. The second-order valence-corrected chi connectivity index (χ2v) is 19.0. The van der Waals surface area contributed by atoms with Crippen LogP contribution in [0.25, 0.3) is 0 Å². The van der Waals surface area contributed by atoms with Crippen LogP contribution in [0.3, 0.4) is 0 Å². The van der Waals surface area contributed by atoms with Gasteiger partial charge < -0.3 is 23.7 Å². The van der Waals surface area contributed by atoms with Gasteiger partial charge in [-0.15, -0.1) is 0 Å². The Morgan fingerprint density at radius 3 is 1.40 bits per heavy atom. The standard InChI is InChI=1S/C59H64O9/c1-12-57(7,8)53(60)43-17-21-46(22-18-43)56(63)67-52-34-16-42(36-39(52)5)37-41-15-33-51(38(4)35-41)64-40(6)59(11,14-3)54(61)44-19-23-45(24-20-44)55(62)66-49-27-25-47(26-28-49)65-48-29-31-50(32-30-48)68-58(9,10)13-2/h15-36,40H,12-14,37H2,1-11H3. The maximum absolute atomic E-state index is 14.1. The summed E-state index contributed by atoms with van der Waals surface area (Å²) in [6.45, 7) is 21.7. The Bertz CT molecular complexity index is 2730. The molecule has 0 aliphatic carbocycles. The predicted molar refractivity (Wildman–Crippen MR) is 267 cm³/mol. The van der Waals surface area contributed by atoms with E-state index in [1.165, 1.54) is 0 Å². The quantitative estimate of drug-likeness (QED) is 0.0419. The van der Waals surface area contributed by atoms with E-state index in [4.69, 9.17) is 23.7 Å². The number of carbonyl (C=O) groups is 4. The number of aryl methyl sites for hydroxylation is 2. The van der Waals surface area contributed by atoms with Crippen molar-refractivity contribution in [2.45, 2.75) is 114 Å². The largest absolute Gasteiger partial charge is 0.489 e. The molecule has 0 spiro atoms. The molecule has 0 aliphatic heterocycles. The van der Waals surface area contributed by atoms with Gasteiger partial charge in [0.2, 0.25) is 0 Å². The molecule has 9 heteroatoms. The molecule has 6 rings (SSSR count). The number of hydrogen-bond donors (Lipinski definition) is 0. The number of Topliss-reactive ketones (excluding diaryl/α,β-unsaturated/α-hetero) is 2. The first-order chi connectivity index (χ1) is 32.2. The van der Waals surface area contributed by atoms with Crippen LogP contribution < -0.4 is 23.7 Å². The van der Waals surface area contributed by atoms with Crippen LogP contribution in [0.15, 0.2) is 133 Å². The Labute approximate surface area is 401 Å². The third kappa shape index (κ3) is 12.3. The topological polar surface area (TPSA) is 114 Å². The average Bonchev–Trinajstić information content (AvgIpc) is 3.33. The van der Waals surface area contributed by atoms with Crippen LogP contribution in [0.4, 0.5) is 0 Å². The van der Waals surface area contributed by atoms with Crippen molar-refractivity contribution in [1.82, 2.24) is 0 Å². The molecule has 6 aromatic rings. The summed E-state index contributed by atoms with van der Waals surface area (Å²) in [6.07, 6.45) is 2.31. The molecule has 0 N–H and O–H groups in total. The summed E-state index contributed by atoms with van der Waals surface area (Å²) in [5.41, 5.74) is 4.01. The second-order valence-electron chi connectivity index (χ2n) is 19.0.